The topological polar surface area (TPSA) is 61.4 Å². The van der Waals surface area contributed by atoms with E-state index in [1.165, 1.54) is 6.42 Å². The molecule has 2 amide bonds. The van der Waals surface area contributed by atoms with Crippen molar-refractivity contribution in [1.82, 2.24) is 10.6 Å². The number of hydrogen-bond acceptors (Lipinski definition) is 3. The van der Waals surface area contributed by atoms with E-state index in [-0.39, 0.29) is 23.3 Å². The molecule has 2 N–H and O–H groups in total. The average Bonchev–Trinajstić information content (AvgIpc) is 3.09. The summed E-state index contributed by atoms with van der Waals surface area (Å²) < 4.78 is 0. The number of nitrogens with one attached hydrogen (secondary N) is 2. The van der Waals surface area contributed by atoms with Crippen molar-refractivity contribution in [1.29, 1.82) is 0 Å². The molecule has 2 saturated heterocycles. The molecule has 2 heterocycles. The molecule has 5 heteroatoms. The molecule has 1 aromatic carbocycles. The number of fused-ring (bicyclic) bond motifs is 1. The van der Waals surface area contributed by atoms with Crippen LogP contribution in [0.3, 0.4) is 0 Å². The number of para-hydroxylation sites is 1. The zero-order valence-corrected chi connectivity index (χ0v) is 14.7. The number of rotatable bonds is 3. The summed E-state index contributed by atoms with van der Waals surface area (Å²) in [5.74, 6) is 0.543. The summed E-state index contributed by atoms with van der Waals surface area (Å²) in [5, 5.41) is 6.54. The molecule has 1 aromatic rings. The summed E-state index contributed by atoms with van der Waals surface area (Å²) in [6.45, 7) is 2.42. The van der Waals surface area contributed by atoms with Crippen molar-refractivity contribution < 1.29 is 9.59 Å². The van der Waals surface area contributed by atoms with Crippen LogP contribution in [-0.2, 0) is 9.59 Å². The third-order valence-corrected chi connectivity index (χ3v) is 6.30. The molecule has 5 nitrogen and oxygen atoms in total. The summed E-state index contributed by atoms with van der Waals surface area (Å²) in [7, 11) is 0. The van der Waals surface area contributed by atoms with Gasteiger partial charge in [0.2, 0.25) is 11.8 Å². The Hall–Kier alpha value is -1.88. The minimum absolute atomic E-state index is 0.0283. The number of anilines is 1. The van der Waals surface area contributed by atoms with Crippen LogP contribution >= 0.6 is 0 Å². The Labute approximate surface area is 149 Å². The van der Waals surface area contributed by atoms with Gasteiger partial charge in [0.15, 0.2) is 0 Å². The molecule has 1 aliphatic carbocycles. The number of piperidine rings is 1. The average molecular weight is 341 g/mol. The van der Waals surface area contributed by atoms with E-state index in [1.807, 2.05) is 35.2 Å². The lowest BCUT2D eigenvalue weighted by Crippen LogP contribution is -2.57. The SMILES string of the molecule is O=C1C(NC(=O)[C@@]23CCCC[C@H]2CNC3)CCCN1c1ccccc1. The maximum atomic E-state index is 13.1. The van der Waals surface area contributed by atoms with E-state index in [4.69, 9.17) is 0 Å². The highest BCUT2D eigenvalue weighted by molar-refractivity contribution is 6.00. The second-order valence-corrected chi connectivity index (χ2v) is 7.72. The van der Waals surface area contributed by atoms with E-state index in [0.29, 0.717) is 5.92 Å². The van der Waals surface area contributed by atoms with Gasteiger partial charge in [-0.05, 0) is 50.3 Å². The first-order valence-corrected chi connectivity index (χ1v) is 9.59. The van der Waals surface area contributed by atoms with Crippen molar-refractivity contribution in [2.45, 2.75) is 44.6 Å². The number of benzene rings is 1. The van der Waals surface area contributed by atoms with Gasteiger partial charge in [0.1, 0.15) is 6.04 Å². The predicted octanol–water partition coefficient (Wildman–Crippen LogP) is 2.08. The maximum absolute atomic E-state index is 13.1. The molecule has 1 unspecified atom stereocenters. The number of carbonyl (C=O) groups is 2. The van der Waals surface area contributed by atoms with Gasteiger partial charge >= 0.3 is 0 Å². The van der Waals surface area contributed by atoms with E-state index >= 15 is 0 Å². The van der Waals surface area contributed by atoms with Crippen LogP contribution in [0.15, 0.2) is 30.3 Å². The molecule has 1 saturated carbocycles. The van der Waals surface area contributed by atoms with Crippen LogP contribution in [-0.4, -0.2) is 37.5 Å². The first-order chi connectivity index (χ1) is 12.2. The standard InChI is InChI=1S/C20H27N3O2/c24-18-17(10-6-12-23(18)16-8-2-1-3-9-16)22-19(25)20-11-5-4-7-15(20)13-21-14-20/h1-3,8-9,15,17,21H,4-7,10-14H2,(H,22,25)/t15-,17?,20+/m0/s1. The lowest BCUT2D eigenvalue weighted by Gasteiger charge is -2.39. The van der Waals surface area contributed by atoms with Crippen molar-refractivity contribution in [3.8, 4) is 0 Å². The molecule has 0 aromatic heterocycles. The van der Waals surface area contributed by atoms with Gasteiger partial charge in [-0.2, -0.15) is 0 Å². The first-order valence-electron chi connectivity index (χ1n) is 9.59. The zero-order valence-electron chi connectivity index (χ0n) is 14.7. The minimum Gasteiger partial charge on any atom is -0.344 e. The number of nitrogens with zero attached hydrogens (tertiary/aromatic N) is 1. The lowest BCUT2D eigenvalue weighted by atomic mass is 9.67. The second kappa shape index (κ2) is 6.79. The van der Waals surface area contributed by atoms with Crippen LogP contribution in [0, 0.1) is 11.3 Å². The molecule has 4 rings (SSSR count). The van der Waals surface area contributed by atoms with Gasteiger partial charge in [0.05, 0.1) is 5.41 Å². The normalized spacial score (nSPS) is 32.3. The van der Waals surface area contributed by atoms with Crippen molar-refractivity contribution >= 4 is 17.5 Å². The Kier molecular flexibility index (Phi) is 4.50. The van der Waals surface area contributed by atoms with Gasteiger partial charge in [0.25, 0.3) is 0 Å². The van der Waals surface area contributed by atoms with E-state index in [2.05, 4.69) is 10.6 Å². The number of hydrogen-bond donors (Lipinski definition) is 2. The van der Waals surface area contributed by atoms with Gasteiger partial charge in [-0.1, -0.05) is 31.0 Å². The van der Waals surface area contributed by atoms with Gasteiger partial charge in [-0.3, -0.25) is 9.59 Å². The minimum atomic E-state index is -0.390. The summed E-state index contributed by atoms with van der Waals surface area (Å²) in [4.78, 5) is 27.9. The Morgan fingerprint density at radius 2 is 2.00 bits per heavy atom. The van der Waals surface area contributed by atoms with Crippen molar-refractivity contribution in [2.24, 2.45) is 11.3 Å². The molecular formula is C20H27N3O2. The van der Waals surface area contributed by atoms with E-state index in [9.17, 15) is 9.59 Å². The molecule has 2 aliphatic heterocycles. The fraction of sp³-hybridized carbons (Fsp3) is 0.600. The van der Waals surface area contributed by atoms with Gasteiger partial charge in [0, 0.05) is 18.8 Å². The first kappa shape index (κ1) is 16.6. The molecule has 3 atom stereocenters. The molecule has 0 radical (unpaired) electrons. The van der Waals surface area contributed by atoms with Crippen molar-refractivity contribution in [2.75, 3.05) is 24.5 Å². The summed E-state index contributed by atoms with van der Waals surface area (Å²) >= 11 is 0. The van der Waals surface area contributed by atoms with Crippen LogP contribution in [0.2, 0.25) is 0 Å². The lowest BCUT2D eigenvalue weighted by molar-refractivity contribution is -0.137. The van der Waals surface area contributed by atoms with E-state index < -0.39 is 0 Å². The van der Waals surface area contributed by atoms with Crippen LogP contribution in [0.4, 0.5) is 5.69 Å². The summed E-state index contributed by atoms with van der Waals surface area (Å²) in [6, 6.07) is 9.37. The Balaban J connectivity index is 1.48. The van der Waals surface area contributed by atoms with Gasteiger partial charge in [-0.25, -0.2) is 0 Å². The molecule has 0 spiro atoms. The molecule has 3 fully saturated rings. The summed E-state index contributed by atoms with van der Waals surface area (Å²) in [5.41, 5.74) is 0.621. The van der Waals surface area contributed by atoms with Crippen LogP contribution in [0.1, 0.15) is 38.5 Å². The second-order valence-electron chi connectivity index (χ2n) is 7.72. The van der Waals surface area contributed by atoms with Crippen molar-refractivity contribution in [3.05, 3.63) is 30.3 Å². The molecule has 0 bridgehead atoms. The van der Waals surface area contributed by atoms with Crippen molar-refractivity contribution in [3.63, 3.8) is 0 Å². The highest BCUT2D eigenvalue weighted by atomic mass is 16.2. The zero-order chi connectivity index (χ0) is 17.3. The molecule has 3 aliphatic rings. The molecule has 25 heavy (non-hydrogen) atoms. The fourth-order valence-electron chi connectivity index (χ4n) is 4.87. The molecular weight excluding hydrogens is 314 g/mol. The molecule has 134 valence electrons. The summed E-state index contributed by atoms with van der Waals surface area (Å²) in [6.07, 6.45) is 6.04. The smallest absolute Gasteiger partial charge is 0.249 e. The van der Waals surface area contributed by atoms with Gasteiger partial charge < -0.3 is 15.5 Å². The third kappa shape index (κ3) is 2.95. The fourth-order valence-corrected chi connectivity index (χ4v) is 4.87. The highest BCUT2D eigenvalue weighted by Gasteiger charge is 2.50. The van der Waals surface area contributed by atoms with Gasteiger partial charge in [-0.15, -0.1) is 0 Å². The Morgan fingerprint density at radius 3 is 2.84 bits per heavy atom. The number of amides is 2. The predicted molar refractivity (Wildman–Crippen MR) is 97.2 cm³/mol. The van der Waals surface area contributed by atoms with E-state index in [0.717, 1.165) is 57.4 Å². The number of carbonyl (C=O) groups excluding carboxylic acids is 2. The highest BCUT2D eigenvalue weighted by Crippen LogP contribution is 2.44. The third-order valence-electron chi connectivity index (χ3n) is 6.30. The van der Waals surface area contributed by atoms with Crippen LogP contribution < -0.4 is 15.5 Å². The quantitative estimate of drug-likeness (QED) is 0.885. The maximum Gasteiger partial charge on any atom is 0.249 e. The van der Waals surface area contributed by atoms with Crippen LogP contribution in [0.25, 0.3) is 0 Å². The monoisotopic (exact) mass is 341 g/mol. The van der Waals surface area contributed by atoms with E-state index in [1.54, 1.807) is 0 Å². The largest absolute Gasteiger partial charge is 0.344 e. The Morgan fingerprint density at radius 1 is 1.16 bits per heavy atom. The Bertz CT molecular complexity index is 648. The van der Waals surface area contributed by atoms with Crippen LogP contribution in [0.5, 0.6) is 0 Å².